The number of hydrogen-bond acceptors (Lipinski definition) is 3. The molecule has 2 rings (SSSR count). The van der Waals surface area contributed by atoms with E-state index in [0.29, 0.717) is 6.07 Å². The maximum atomic E-state index is 13.5. The summed E-state index contributed by atoms with van der Waals surface area (Å²) >= 11 is 0. The van der Waals surface area contributed by atoms with E-state index in [4.69, 9.17) is 0 Å². The van der Waals surface area contributed by atoms with Crippen LogP contribution < -0.4 is 4.72 Å². The molecular formula is C11H11F2N3O2S. The molecule has 0 spiro atoms. The Hall–Kier alpha value is -1.80. The van der Waals surface area contributed by atoms with E-state index >= 15 is 0 Å². The van der Waals surface area contributed by atoms with Crippen molar-refractivity contribution in [3.8, 4) is 0 Å². The summed E-state index contributed by atoms with van der Waals surface area (Å²) in [4.78, 5) is -0.0538. The molecule has 2 N–H and O–H groups in total. The fraction of sp³-hybridized carbons (Fsp3) is 0.182. The minimum absolute atomic E-state index is 0.0538. The van der Waals surface area contributed by atoms with Crippen molar-refractivity contribution in [3.63, 3.8) is 0 Å². The molecule has 0 aliphatic carbocycles. The van der Waals surface area contributed by atoms with Gasteiger partial charge in [-0.15, -0.1) is 0 Å². The highest BCUT2D eigenvalue weighted by Crippen LogP contribution is 2.20. The molecule has 1 aromatic carbocycles. The molecule has 0 fully saturated rings. The van der Waals surface area contributed by atoms with E-state index in [9.17, 15) is 17.2 Å². The van der Waals surface area contributed by atoms with Gasteiger partial charge in [0, 0.05) is 23.9 Å². The van der Waals surface area contributed by atoms with Crippen LogP contribution in [0, 0.1) is 11.6 Å². The number of hydrogen-bond donors (Lipinski definition) is 2. The number of sulfonamides is 1. The first-order chi connectivity index (χ1) is 8.90. The molecule has 1 aromatic heterocycles. The monoisotopic (exact) mass is 287 g/mol. The highest BCUT2D eigenvalue weighted by molar-refractivity contribution is 7.89. The number of rotatable bonds is 4. The fourth-order valence-electron chi connectivity index (χ4n) is 1.60. The summed E-state index contributed by atoms with van der Waals surface area (Å²) < 4.78 is 52.4. The Bertz CT molecular complexity index is 671. The van der Waals surface area contributed by atoms with Gasteiger partial charge in [0.05, 0.1) is 6.20 Å². The van der Waals surface area contributed by atoms with E-state index in [-0.39, 0.29) is 10.5 Å². The van der Waals surface area contributed by atoms with Crippen molar-refractivity contribution in [1.82, 2.24) is 14.9 Å². The Morgan fingerprint density at radius 3 is 2.68 bits per heavy atom. The second-order valence-corrected chi connectivity index (χ2v) is 5.66. The third kappa shape index (κ3) is 2.96. The van der Waals surface area contributed by atoms with Gasteiger partial charge in [-0.25, -0.2) is 21.9 Å². The lowest BCUT2D eigenvalue weighted by Crippen LogP contribution is -2.27. The first kappa shape index (κ1) is 13.6. The third-order valence-electron chi connectivity index (χ3n) is 2.54. The predicted octanol–water partition coefficient (Wildman–Crippen LogP) is 1.73. The molecule has 0 saturated heterocycles. The van der Waals surface area contributed by atoms with E-state index in [1.165, 1.54) is 19.2 Å². The lowest BCUT2D eigenvalue weighted by molar-refractivity contribution is 0.540. The zero-order valence-electron chi connectivity index (χ0n) is 9.89. The van der Waals surface area contributed by atoms with Crippen LogP contribution in [-0.2, 0) is 10.0 Å². The number of nitrogens with zero attached hydrogens (tertiary/aromatic N) is 1. The molecule has 0 bridgehead atoms. The summed E-state index contributed by atoms with van der Waals surface area (Å²) in [7, 11) is -3.80. The summed E-state index contributed by atoms with van der Waals surface area (Å²) in [6, 6.07) is 2.15. The van der Waals surface area contributed by atoms with E-state index in [1.807, 2.05) is 0 Å². The first-order valence-electron chi connectivity index (χ1n) is 5.36. The summed E-state index contributed by atoms with van der Waals surface area (Å²) in [6.07, 6.45) is 2.34. The smallest absolute Gasteiger partial charge is 0.244 e. The van der Waals surface area contributed by atoms with Crippen molar-refractivity contribution in [1.29, 1.82) is 0 Å². The van der Waals surface area contributed by atoms with Crippen LogP contribution in [0.25, 0.3) is 0 Å². The maximum Gasteiger partial charge on any atom is 0.244 e. The zero-order chi connectivity index (χ0) is 14.0. The lowest BCUT2D eigenvalue weighted by atomic mass is 10.1. The number of H-pyrrole nitrogens is 1. The van der Waals surface area contributed by atoms with E-state index in [0.717, 1.165) is 12.3 Å². The van der Waals surface area contributed by atoms with Crippen molar-refractivity contribution in [2.24, 2.45) is 0 Å². The van der Waals surface area contributed by atoms with Gasteiger partial charge in [0.2, 0.25) is 10.0 Å². The number of aromatic nitrogens is 2. The van der Waals surface area contributed by atoms with Gasteiger partial charge < -0.3 is 0 Å². The molecule has 5 nitrogen and oxygen atoms in total. The van der Waals surface area contributed by atoms with Crippen molar-refractivity contribution in [3.05, 3.63) is 47.8 Å². The normalized spacial score (nSPS) is 13.4. The van der Waals surface area contributed by atoms with Crippen LogP contribution in [0.5, 0.6) is 0 Å². The Balaban J connectivity index is 2.24. The van der Waals surface area contributed by atoms with E-state index in [2.05, 4.69) is 14.9 Å². The van der Waals surface area contributed by atoms with Crippen molar-refractivity contribution >= 4 is 10.0 Å². The number of nitrogens with one attached hydrogen (secondary N) is 2. The summed E-state index contributed by atoms with van der Waals surface area (Å²) in [5.74, 6) is -1.52. The van der Waals surface area contributed by atoms with Gasteiger partial charge in [-0.2, -0.15) is 5.10 Å². The molecule has 1 heterocycles. The molecular weight excluding hydrogens is 276 g/mol. The minimum Gasteiger partial charge on any atom is -0.284 e. The SMILES string of the molecule is CC(NS(=O)(=O)c1cn[nH]c1)c1ccc(F)cc1F. The van der Waals surface area contributed by atoms with E-state index in [1.54, 1.807) is 0 Å². The van der Waals surface area contributed by atoms with Crippen molar-refractivity contribution in [2.75, 3.05) is 0 Å². The summed E-state index contributed by atoms with van der Waals surface area (Å²) in [6.45, 7) is 1.47. The van der Waals surface area contributed by atoms with Crippen LogP contribution in [-0.4, -0.2) is 18.6 Å². The zero-order valence-corrected chi connectivity index (χ0v) is 10.7. The maximum absolute atomic E-state index is 13.5. The molecule has 0 radical (unpaired) electrons. The molecule has 1 atom stereocenters. The van der Waals surface area contributed by atoms with Gasteiger partial charge in [-0.3, -0.25) is 5.10 Å². The van der Waals surface area contributed by atoms with Gasteiger partial charge in [-0.05, 0) is 13.0 Å². The molecule has 8 heteroatoms. The second kappa shape index (κ2) is 5.06. The van der Waals surface area contributed by atoms with Crippen LogP contribution in [0.3, 0.4) is 0 Å². The number of aromatic amines is 1. The fourth-order valence-corrected chi connectivity index (χ4v) is 2.73. The highest BCUT2D eigenvalue weighted by Gasteiger charge is 2.21. The molecule has 0 amide bonds. The highest BCUT2D eigenvalue weighted by atomic mass is 32.2. The van der Waals surface area contributed by atoms with Crippen LogP contribution in [0.15, 0.2) is 35.5 Å². The Morgan fingerprint density at radius 2 is 2.11 bits per heavy atom. The van der Waals surface area contributed by atoms with Crippen LogP contribution in [0.2, 0.25) is 0 Å². The van der Waals surface area contributed by atoms with Gasteiger partial charge >= 0.3 is 0 Å². The average molecular weight is 287 g/mol. The molecule has 0 aliphatic rings. The summed E-state index contributed by atoms with van der Waals surface area (Å²) in [5.41, 5.74) is 0.0634. The number of benzene rings is 1. The second-order valence-electron chi connectivity index (χ2n) is 3.94. The molecule has 19 heavy (non-hydrogen) atoms. The van der Waals surface area contributed by atoms with Crippen LogP contribution >= 0.6 is 0 Å². The molecule has 102 valence electrons. The summed E-state index contributed by atoms with van der Waals surface area (Å²) in [5, 5.41) is 5.90. The Labute approximate surface area is 108 Å². The predicted molar refractivity (Wildman–Crippen MR) is 63.7 cm³/mol. The largest absolute Gasteiger partial charge is 0.284 e. The molecule has 0 aliphatic heterocycles. The van der Waals surface area contributed by atoms with Crippen molar-refractivity contribution in [2.45, 2.75) is 17.9 Å². The lowest BCUT2D eigenvalue weighted by Gasteiger charge is -2.14. The van der Waals surface area contributed by atoms with Gasteiger partial charge in [0.25, 0.3) is 0 Å². The van der Waals surface area contributed by atoms with Gasteiger partial charge in [-0.1, -0.05) is 6.07 Å². The first-order valence-corrected chi connectivity index (χ1v) is 6.84. The van der Waals surface area contributed by atoms with Crippen molar-refractivity contribution < 1.29 is 17.2 Å². The van der Waals surface area contributed by atoms with E-state index < -0.39 is 27.7 Å². The standard InChI is InChI=1S/C11H11F2N3O2S/c1-7(10-3-2-8(12)4-11(10)13)16-19(17,18)9-5-14-15-6-9/h2-7,16H,1H3,(H,14,15). The van der Waals surface area contributed by atoms with Gasteiger partial charge in [0.1, 0.15) is 16.5 Å². The quantitative estimate of drug-likeness (QED) is 0.899. The Morgan fingerprint density at radius 1 is 1.37 bits per heavy atom. The number of halogens is 2. The third-order valence-corrected chi connectivity index (χ3v) is 4.05. The average Bonchev–Trinajstić information content (AvgIpc) is 2.81. The molecule has 0 saturated carbocycles. The molecule has 1 unspecified atom stereocenters. The van der Waals surface area contributed by atoms with Crippen LogP contribution in [0.4, 0.5) is 8.78 Å². The molecule has 2 aromatic rings. The van der Waals surface area contributed by atoms with Gasteiger partial charge in [0.15, 0.2) is 0 Å². The minimum atomic E-state index is -3.80. The Kier molecular flexibility index (Phi) is 3.63. The topological polar surface area (TPSA) is 74.8 Å². The van der Waals surface area contributed by atoms with Crippen LogP contribution in [0.1, 0.15) is 18.5 Å².